The SMILES string of the molecule is CCOc1cc([C@H]2NC(=O)NC(C)=C2C(=O)OC)ccc1OC[C@@H](O)N/N=C\c1ccc(Br)cc1. The van der Waals surface area contributed by atoms with Gasteiger partial charge in [-0.25, -0.2) is 9.59 Å². The number of urea groups is 1. The summed E-state index contributed by atoms with van der Waals surface area (Å²) in [6.45, 7) is 3.70. The van der Waals surface area contributed by atoms with E-state index in [1.54, 1.807) is 31.3 Å². The fourth-order valence-electron chi connectivity index (χ4n) is 3.37. The molecule has 0 aromatic heterocycles. The number of benzene rings is 2. The molecule has 1 aliphatic rings. The van der Waals surface area contributed by atoms with Gasteiger partial charge in [-0.05, 0) is 49.2 Å². The number of amides is 2. The molecule has 1 heterocycles. The van der Waals surface area contributed by atoms with E-state index in [1.165, 1.54) is 7.11 Å². The molecule has 35 heavy (non-hydrogen) atoms. The van der Waals surface area contributed by atoms with Crippen molar-refractivity contribution in [3.8, 4) is 11.5 Å². The molecule has 4 N–H and O–H groups in total. The quantitative estimate of drug-likeness (QED) is 0.156. The van der Waals surface area contributed by atoms with Crippen LogP contribution >= 0.6 is 15.9 Å². The van der Waals surface area contributed by atoms with Crippen molar-refractivity contribution in [1.82, 2.24) is 16.1 Å². The second-order valence-corrected chi connectivity index (χ2v) is 8.38. The molecule has 0 bridgehead atoms. The molecule has 0 unspecified atom stereocenters. The predicted octanol–water partition coefficient (Wildman–Crippen LogP) is 2.97. The van der Waals surface area contributed by atoms with E-state index in [0.717, 1.165) is 10.0 Å². The van der Waals surface area contributed by atoms with Gasteiger partial charge >= 0.3 is 12.0 Å². The maximum absolute atomic E-state index is 12.3. The van der Waals surface area contributed by atoms with Gasteiger partial charge < -0.3 is 30.0 Å². The molecule has 2 aromatic carbocycles. The number of allylic oxidation sites excluding steroid dienone is 1. The smallest absolute Gasteiger partial charge is 0.337 e. The molecular weight excluding hydrogens is 520 g/mol. The molecule has 0 radical (unpaired) electrons. The zero-order valence-electron chi connectivity index (χ0n) is 19.5. The molecule has 2 amide bonds. The lowest BCUT2D eigenvalue weighted by atomic mass is 9.95. The minimum Gasteiger partial charge on any atom is -0.490 e. The van der Waals surface area contributed by atoms with Gasteiger partial charge in [0.15, 0.2) is 17.7 Å². The standard InChI is InChI=1S/C24H27BrN4O6/c1-4-34-19-11-16(22-21(23(31)33-3)14(2)27-24(32)28-22)7-10-18(19)35-13-20(30)29-26-12-15-5-8-17(25)9-6-15/h5-12,20,22,29-30H,4,13H2,1-3H3,(H2,27,28,32)/b26-12-/t20-,22-/m1/s1. The van der Waals surface area contributed by atoms with E-state index in [0.29, 0.717) is 29.4 Å². The Hall–Kier alpha value is -3.57. The first-order valence-corrected chi connectivity index (χ1v) is 11.6. The van der Waals surface area contributed by atoms with Gasteiger partial charge in [-0.15, -0.1) is 0 Å². The van der Waals surface area contributed by atoms with E-state index in [2.05, 4.69) is 37.1 Å². The summed E-state index contributed by atoms with van der Waals surface area (Å²) in [5.41, 5.74) is 4.76. The number of hydrogen-bond acceptors (Lipinski definition) is 8. The Labute approximate surface area is 211 Å². The molecule has 11 heteroatoms. The number of aliphatic hydroxyl groups is 1. The van der Waals surface area contributed by atoms with Crippen LogP contribution in [0.3, 0.4) is 0 Å². The average molecular weight is 547 g/mol. The number of rotatable bonds is 10. The van der Waals surface area contributed by atoms with Crippen LogP contribution in [0.2, 0.25) is 0 Å². The second-order valence-electron chi connectivity index (χ2n) is 7.47. The summed E-state index contributed by atoms with van der Waals surface area (Å²) in [7, 11) is 1.28. The van der Waals surface area contributed by atoms with E-state index in [4.69, 9.17) is 14.2 Å². The van der Waals surface area contributed by atoms with E-state index in [-0.39, 0.29) is 12.2 Å². The molecule has 186 valence electrons. The lowest BCUT2D eigenvalue weighted by molar-refractivity contribution is -0.136. The summed E-state index contributed by atoms with van der Waals surface area (Å²) in [6.07, 6.45) is 0.508. The normalized spacial score (nSPS) is 16.4. The highest BCUT2D eigenvalue weighted by molar-refractivity contribution is 9.10. The van der Waals surface area contributed by atoms with Gasteiger partial charge in [0.1, 0.15) is 6.61 Å². The third kappa shape index (κ3) is 6.96. The van der Waals surface area contributed by atoms with E-state index in [9.17, 15) is 14.7 Å². The van der Waals surface area contributed by atoms with E-state index >= 15 is 0 Å². The molecule has 0 saturated carbocycles. The summed E-state index contributed by atoms with van der Waals surface area (Å²) < 4.78 is 17.3. The van der Waals surface area contributed by atoms with Gasteiger partial charge in [0.2, 0.25) is 0 Å². The number of esters is 1. The summed E-state index contributed by atoms with van der Waals surface area (Å²) in [4.78, 5) is 24.4. The molecular formula is C24H27BrN4O6. The highest BCUT2D eigenvalue weighted by Crippen LogP contribution is 2.34. The maximum atomic E-state index is 12.3. The zero-order chi connectivity index (χ0) is 25.4. The third-order valence-electron chi connectivity index (χ3n) is 4.98. The van der Waals surface area contributed by atoms with Gasteiger partial charge in [0.25, 0.3) is 0 Å². The van der Waals surface area contributed by atoms with Crippen LogP contribution in [0.1, 0.15) is 31.0 Å². The number of methoxy groups -OCH3 is 1. The van der Waals surface area contributed by atoms with E-state index in [1.807, 2.05) is 31.2 Å². The summed E-state index contributed by atoms with van der Waals surface area (Å²) in [6, 6.07) is 11.4. The van der Waals surface area contributed by atoms with Crippen LogP contribution in [-0.4, -0.2) is 49.9 Å². The number of carbonyl (C=O) groups excluding carboxylic acids is 2. The number of nitrogens with zero attached hydrogens (tertiary/aromatic N) is 1. The van der Waals surface area contributed by atoms with Crippen molar-refractivity contribution in [2.24, 2.45) is 5.10 Å². The lowest BCUT2D eigenvalue weighted by Gasteiger charge is -2.28. The Morgan fingerprint density at radius 2 is 1.97 bits per heavy atom. The first-order chi connectivity index (χ1) is 16.8. The monoisotopic (exact) mass is 546 g/mol. The third-order valence-corrected chi connectivity index (χ3v) is 5.51. The molecule has 0 fully saturated rings. The van der Waals surface area contributed by atoms with Crippen LogP contribution < -0.4 is 25.5 Å². The van der Waals surface area contributed by atoms with E-state index < -0.39 is 24.3 Å². The van der Waals surface area contributed by atoms with Gasteiger partial charge in [-0.1, -0.05) is 34.1 Å². The largest absolute Gasteiger partial charge is 0.490 e. The molecule has 3 rings (SSSR count). The Morgan fingerprint density at radius 1 is 1.23 bits per heavy atom. The predicted molar refractivity (Wildman–Crippen MR) is 133 cm³/mol. The molecule has 0 saturated heterocycles. The number of hydrogen-bond donors (Lipinski definition) is 4. The summed E-state index contributed by atoms with van der Waals surface area (Å²) in [5.74, 6) is 0.218. The topological polar surface area (TPSA) is 131 Å². The molecule has 1 aliphatic heterocycles. The van der Waals surface area contributed by atoms with Crippen molar-refractivity contribution in [3.05, 3.63) is 69.3 Å². The zero-order valence-corrected chi connectivity index (χ0v) is 21.1. The highest BCUT2D eigenvalue weighted by atomic mass is 79.9. The van der Waals surface area contributed by atoms with Crippen molar-refractivity contribution < 1.29 is 28.9 Å². The Morgan fingerprint density at radius 3 is 2.66 bits per heavy atom. The lowest BCUT2D eigenvalue weighted by Crippen LogP contribution is -2.45. The Kier molecular flexibility index (Phi) is 9.10. The van der Waals surface area contributed by atoms with Crippen LogP contribution in [0.5, 0.6) is 11.5 Å². The van der Waals surface area contributed by atoms with Crippen molar-refractivity contribution in [3.63, 3.8) is 0 Å². The Bertz CT molecular complexity index is 1120. The number of halogens is 1. The maximum Gasteiger partial charge on any atom is 0.337 e. The average Bonchev–Trinajstić information content (AvgIpc) is 2.83. The van der Waals surface area contributed by atoms with Gasteiger partial charge in [-0.3, -0.25) is 5.43 Å². The summed E-state index contributed by atoms with van der Waals surface area (Å²) in [5, 5.41) is 19.5. The fraction of sp³-hybridized carbons (Fsp3) is 0.292. The minimum atomic E-state index is -1.07. The summed E-state index contributed by atoms with van der Waals surface area (Å²) >= 11 is 3.37. The van der Waals surface area contributed by atoms with Crippen LogP contribution in [0.4, 0.5) is 4.79 Å². The number of hydrazone groups is 1. The number of ether oxygens (including phenoxy) is 3. The first kappa shape index (κ1) is 26.0. The van der Waals surface area contributed by atoms with Crippen molar-refractivity contribution in [2.45, 2.75) is 26.1 Å². The molecule has 10 nitrogen and oxygen atoms in total. The van der Waals surface area contributed by atoms with Gasteiger partial charge in [0.05, 0.1) is 31.5 Å². The number of nitrogens with one attached hydrogen (secondary N) is 3. The van der Waals surface area contributed by atoms with Crippen molar-refractivity contribution >= 4 is 34.1 Å². The second kappa shape index (κ2) is 12.2. The van der Waals surface area contributed by atoms with Crippen LogP contribution in [0.25, 0.3) is 0 Å². The van der Waals surface area contributed by atoms with Crippen LogP contribution in [-0.2, 0) is 9.53 Å². The fourth-order valence-corrected chi connectivity index (χ4v) is 3.63. The number of carbonyl (C=O) groups is 2. The molecule has 2 aromatic rings. The Balaban J connectivity index is 1.71. The van der Waals surface area contributed by atoms with Crippen molar-refractivity contribution in [1.29, 1.82) is 0 Å². The van der Waals surface area contributed by atoms with Crippen LogP contribution in [0, 0.1) is 0 Å². The van der Waals surface area contributed by atoms with Gasteiger partial charge in [-0.2, -0.15) is 5.10 Å². The minimum absolute atomic E-state index is 0.104. The highest BCUT2D eigenvalue weighted by Gasteiger charge is 2.32. The first-order valence-electron chi connectivity index (χ1n) is 10.8. The number of aliphatic hydroxyl groups excluding tert-OH is 1. The molecule has 0 aliphatic carbocycles. The van der Waals surface area contributed by atoms with Gasteiger partial charge in [0, 0.05) is 10.2 Å². The molecule has 0 spiro atoms. The van der Waals surface area contributed by atoms with Crippen molar-refractivity contribution in [2.75, 3.05) is 20.3 Å². The van der Waals surface area contributed by atoms with Crippen LogP contribution in [0.15, 0.2) is 63.3 Å². The molecule has 2 atom stereocenters.